The minimum atomic E-state index is 0.0437. The topological polar surface area (TPSA) is 63.4 Å². The number of hydrogen-bond acceptors (Lipinski definition) is 6. The van der Waals surface area contributed by atoms with Crippen LogP contribution in [-0.4, -0.2) is 31.9 Å². The van der Waals surface area contributed by atoms with Crippen LogP contribution in [0.15, 0.2) is 54.9 Å². The molecule has 0 aliphatic carbocycles. The van der Waals surface area contributed by atoms with E-state index >= 15 is 0 Å². The molecule has 0 aliphatic heterocycles. The van der Waals surface area contributed by atoms with Gasteiger partial charge in [0.2, 0.25) is 10.1 Å². The Kier molecular flexibility index (Phi) is 4.22. The highest BCUT2D eigenvalue weighted by Crippen LogP contribution is 2.30. The van der Waals surface area contributed by atoms with E-state index in [1.807, 2.05) is 48.7 Å². The molecule has 0 aliphatic rings. The molecule has 0 N–H and O–H groups in total. The van der Waals surface area contributed by atoms with Gasteiger partial charge in [-0.3, -0.25) is 4.79 Å². The molecule has 0 radical (unpaired) electrons. The molecule has 0 saturated heterocycles. The van der Waals surface area contributed by atoms with E-state index in [0.717, 1.165) is 33.7 Å². The zero-order valence-electron chi connectivity index (χ0n) is 14.5. The molecule has 7 heteroatoms. The normalized spacial score (nSPS) is 11.0. The number of anilines is 2. The first-order chi connectivity index (χ1) is 12.7. The van der Waals surface area contributed by atoms with Crippen molar-refractivity contribution in [2.75, 3.05) is 11.4 Å². The molecular weight excluding hydrogens is 346 g/mol. The molecular formula is C19H17N5OS. The monoisotopic (exact) mass is 363 g/mol. The standard InChI is InChI=1S/C19H17N5OS/c1-3-23(17-9-4-5-10-20-17)19-22-24-12-16(21-18(24)26-19)15-8-6-7-14(11-15)13(2)25/h4-12H,3H2,1-2H3. The van der Waals surface area contributed by atoms with Crippen LogP contribution in [0, 0.1) is 0 Å². The van der Waals surface area contributed by atoms with Crippen LogP contribution in [0.4, 0.5) is 10.9 Å². The van der Waals surface area contributed by atoms with Gasteiger partial charge in [0.15, 0.2) is 5.78 Å². The molecule has 0 spiro atoms. The van der Waals surface area contributed by atoms with Crippen molar-refractivity contribution in [2.24, 2.45) is 0 Å². The minimum absolute atomic E-state index is 0.0437. The summed E-state index contributed by atoms with van der Waals surface area (Å²) in [5.41, 5.74) is 2.40. The minimum Gasteiger partial charge on any atom is -0.301 e. The maximum atomic E-state index is 11.6. The van der Waals surface area contributed by atoms with E-state index in [2.05, 4.69) is 26.9 Å². The second kappa shape index (κ2) is 6.68. The van der Waals surface area contributed by atoms with Gasteiger partial charge >= 0.3 is 0 Å². The van der Waals surface area contributed by atoms with E-state index in [-0.39, 0.29) is 5.78 Å². The lowest BCUT2D eigenvalue weighted by Gasteiger charge is -2.17. The number of pyridine rings is 1. The molecule has 0 bridgehead atoms. The first-order valence-corrected chi connectivity index (χ1v) is 9.13. The fraction of sp³-hybridized carbons (Fsp3) is 0.158. The number of imidazole rings is 1. The summed E-state index contributed by atoms with van der Waals surface area (Å²) in [7, 11) is 0. The van der Waals surface area contributed by atoms with Gasteiger partial charge < -0.3 is 4.90 Å². The lowest BCUT2D eigenvalue weighted by molar-refractivity contribution is 0.101. The first-order valence-electron chi connectivity index (χ1n) is 8.32. The third-order valence-electron chi connectivity index (χ3n) is 4.07. The van der Waals surface area contributed by atoms with Crippen molar-refractivity contribution >= 4 is 33.0 Å². The molecule has 3 heterocycles. The van der Waals surface area contributed by atoms with Gasteiger partial charge in [-0.05, 0) is 32.0 Å². The highest BCUT2D eigenvalue weighted by atomic mass is 32.1. The number of aromatic nitrogens is 4. The van der Waals surface area contributed by atoms with E-state index in [4.69, 9.17) is 0 Å². The molecule has 0 amide bonds. The molecule has 130 valence electrons. The highest BCUT2D eigenvalue weighted by Gasteiger charge is 2.16. The molecule has 4 rings (SSSR count). The second-order valence-electron chi connectivity index (χ2n) is 5.81. The number of hydrogen-bond donors (Lipinski definition) is 0. The van der Waals surface area contributed by atoms with E-state index in [1.54, 1.807) is 17.6 Å². The Morgan fingerprint density at radius 3 is 2.81 bits per heavy atom. The zero-order valence-corrected chi connectivity index (χ0v) is 15.3. The zero-order chi connectivity index (χ0) is 18.1. The molecule has 0 unspecified atom stereocenters. The van der Waals surface area contributed by atoms with Crippen LogP contribution >= 0.6 is 11.3 Å². The molecule has 0 saturated carbocycles. The summed E-state index contributed by atoms with van der Waals surface area (Å²) < 4.78 is 1.78. The molecule has 0 atom stereocenters. The number of Topliss-reactive ketones (excluding diaryl/α,β-unsaturated/α-hetero) is 1. The molecule has 26 heavy (non-hydrogen) atoms. The predicted molar refractivity (Wildman–Crippen MR) is 103 cm³/mol. The molecule has 0 fully saturated rings. The van der Waals surface area contributed by atoms with Crippen molar-refractivity contribution < 1.29 is 4.79 Å². The summed E-state index contributed by atoms with van der Waals surface area (Å²) in [6.07, 6.45) is 3.66. The van der Waals surface area contributed by atoms with Gasteiger partial charge in [-0.25, -0.2) is 14.5 Å². The van der Waals surface area contributed by atoms with Gasteiger partial charge in [0.25, 0.3) is 0 Å². The molecule has 1 aromatic carbocycles. The van der Waals surface area contributed by atoms with E-state index in [1.165, 1.54) is 11.3 Å². The second-order valence-corrected chi connectivity index (χ2v) is 6.74. The number of nitrogens with zero attached hydrogens (tertiary/aromatic N) is 5. The third kappa shape index (κ3) is 2.97. The maximum Gasteiger partial charge on any atom is 0.214 e. The summed E-state index contributed by atoms with van der Waals surface area (Å²) in [4.78, 5) is 23.5. The van der Waals surface area contributed by atoms with Gasteiger partial charge in [0.05, 0.1) is 11.9 Å². The van der Waals surface area contributed by atoms with Crippen molar-refractivity contribution in [1.82, 2.24) is 19.6 Å². The fourth-order valence-corrected chi connectivity index (χ4v) is 3.70. The lowest BCUT2D eigenvalue weighted by atomic mass is 10.1. The van der Waals surface area contributed by atoms with Crippen molar-refractivity contribution in [1.29, 1.82) is 0 Å². The van der Waals surface area contributed by atoms with Gasteiger partial charge in [0, 0.05) is 23.9 Å². The number of carbonyl (C=O) groups excluding carboxylic acids is 1. The van der Waals surface area contributed by atoms with Gasteiger partial charge in [-0.2, -0.15) is 0 Å². The average molecular weight is 363 g/mol. The third-order valence-corrected chi connectivity index (χ3v) is 5.02. The smallest absolute Gasteiger partial charge is 0.214 e. The van der Waals surface area contributed by atoms with Crippen LogP contribution in [0.1, 0.15) is 24.2 Å². The van der Waals surface area contributed by atoms with E-state index in [9.17, 15) is 4.79 Å². The van der Waals surface area contributed by atoms with Gasteiger partial charge in [-0.15, -0.1) is 5.10 Å². The van der Waals surface area contributed by atoms with E-state index in [0.29, 0.717) is 5.56 Å². The number of fused-ring (bicyclic) bond motifs is 1. The van der Waals surface area contributed by atoms with Gasteiger partial charge in [-0.1, -0.05) is 35.6 Å². The average Bonchev–Trinajstić information content (AvgIpc) is 3.22. The van der Waals surface area contributed by atoms with Crippen molar-refractivity contribution in [3.05, 3.63) is 60.4 Å². The van der Waals surface area contributed by atoms with Crippen LogP contribution < -0.4 is 4.90 Å². The Morgan fingerprint density at radius 1 is 1.23 bits per heavy atom. The largest absolute Gasteiger partial charge is 0.301 e. The Balaban J connectivity index is 1.69. The predicted octanol–water partition coefficient (Wildman–Crippen LogP) is 4.21. The summed E-state index contributed by atoms with van der Waals surface area (Å²) in [6, 6.07) is 13.3. The Bertz CT molecular complexity index is 1040. The van der Waals surface area contributed by atoms with Crippen molar-refractivity contribution in [3.63, 3.8) is 0 Å². The Labute approximate surface area is 154 Å². The fourth-order valence-electron chi connectivity index (χ4n) is 2.74. The number of rotatable bonds is 5. The number of carbonyl (C=O) groups is 1. The SMILES string of the molecule is CCN(c1ccccn1)c1nn2cc(-c3cccc(C(C)=O)c3)nc2s1. The maximum absolute atomic E-state index is 11.6. The van der Waals surface area contributed by atoms with E-state index < -0.39 is 0 Å². The quantitative estimate of drug-likeness (QED) is 0.497. The number of benzene rings is 1. The summed E-state index contributed by atoms with van der Waals surface area (Å²) >= 11 is 1.51. The van der Waals surface area contributed by atoms with Crippen LogP contribution in [0.3, 0.4) is 0 Å². The van der Waals surface area contributed by atoms with Crippen molar-refractivity contribution in [2.45, 2.75) is 13.8 Å². The first kappa shape index (κ1) is 16.4. The molecule has 3 aromatic heterocycles. The van der Waals surface area contributed by atoms with Crippen LogP contribution in [0.25, 0.3) is 16.2 Å². The summed E-state index contributed by atoms with van der Waals surface area (Å²) in [6.45, 7) is 4.40. The number of ketones is 1. The van der Waals surface area contributed by atoms with Gasteiger partial charge in [0.1, 0.15) is 5.82 Å². The van der Waals surface area contributed by atoms with Crippen LogP contribution in [0.2, 0.25) is 0 Å². The summed E-state index contributed by atoms with van der Waals surface area (Å²) in [5.74, 6) is 0.906. The van der Waals surface area contributed by atoms with Crippen LogP contribution in [-0.2, 0) is 0 Å². The Morgan fingerprint density at radius 2 is 2.12 bits per heavy atom. The lowest BCUT2D eigenvalue weighted by Crippen LogP contribution is -2.17. The molecule has 4 aromatic rings. The van der Waals surface area contributed by atoms with Crippen LogP contribution in [0.5, 0.6) is 0 Å². The highest BCUT2D eigenvalue weighted by molar-refractivity contribution is 7.20. The Hall–Kier alpha value is -3.06. The van der Waals surface area contributed by atoms with Crippen molar-refractivity contribution in [3.8, 4) is 11.3 Å². The summed E-state index contributed by atoms with van der Waals surface area (Å²) in [5, 5.41) is 5.50. The molecule has 6 nitrogen and oxygen atoms in total.